The SMILES string of the molecule is C[C@H](N)c1ccc(N2CCCC3CCCC32)c(Br)c1. The van der Waals surface area contributed by atoms with E-state index in [0.29, 0.717) is 0 Å². The number of benzene rings is 1. The normalized spacial score (nSPS) is 28.3. The smallest absolute Gasteiger partial charge is 0.0513 e. The number of nitrogens with two attached hydrogens (primary N) is 1. The molecule has 0 amide bonds. The summed E-state index contributed by atoms with van der Waals surface area (Å²) < 4.78 is 1.20. The second-order valence-electron chi connectivity index (χ2n) is 6.09. The van der Waals surface area contributed by atoms with Crippen LogP contribution in [-0.2, 0) is 0 Å². The summed E-state index contributed by atoms with van der Waals surface area (Å²) in [6.45, 7) is 3.24. The number of nitrogens with zero attached hydrogens (tertiary/aromatic N) is 1. The van der Waals surface area contributed by atoms with Gasteiger partial charge in [0.2, 0.25) is 0 Å². The molecule has 1 aliphatic carbocycles. The first kappa shape index (κ1) is 13.4. The topological polar surface area (TPSA) is 29.3 Å². The summed E-state index contributed by atoms with van der Waals surface area (Å²) in [5.41, 5.74) is 8.53. The zero-order valence-electron chi connectivity index (χ0n) is 11.6. The molecule has 3 heteroatoms. The molecule has 0 bridgehead atoms. The Morgan fingerprint density at radius 1 is 1.26 bits per heavy atom. The van der Waals surface area contributed by atoms with E-state index in [2.05, 4.69) is 39.0 Å². The molecule has 1 aliphatic heterocycles. The Kier molecular flexibility index (Phi) is 3.86. The van der Waals surface area contributed by atoms with Gasteiger partial charge in [0, 0.05) is 23.1 Å². The Morgan fingerprint density at radius 2 is 2.05 bits per heavy atom. The van der Waals surface area contributed by atoms with Crippen LogP contribution < -0.4 is 10.6 Å². The molecule has 104 valence electrons. The number of rotatable bonds is 2. The van der Waals surface area contributed by atoms with E-state index in [9.17, 15) is 0 Å². The van der Waals surface area contributed by atoms with Crippen LogP contribution in [0, 0.1) is 5.92 Å². The van der Waals surface area contributed by atoms with Crippen LogP contribution in [0.25, 0.3) is 0 Å². The van der Waals surface area contributed by atoms with Crippen molar-refractivity contribution in [1.82, 2.24) is 0 Å². The van der Waals surface area contributed by atoms with Crippen molar-refractivity contribution in [3.05, 3.63) is 28.2 Å². The van der Waals surface area contributed by atoms with Crippen LogP contribution >= 0.6 is 15.9 Å². The van der Waals surface area contributed by atoms with E-state index in [1.165, 1.54) is 54.4 Å². The van der Waals surface area contributed by atoms with Crippen molar-refractivity contribution in [3.63, 3.8) is 0 Å². The molecule has 2 unspecified atom stereocenters. The lowest BCUT2D eigenvalue weighted by atomic mass is 9.91. The molecule has 0 spiro atoms. The summed E-state index contributed by atoms with van der Waals surface area (Å²) in [6, 6.07) is 7.50. The zero-order chi connectivity index (χ0) is 13.4. The highest BCUT2D eigenvalue weighted by Crippen LogP contribution is 2.41. The van der Waals surface area contributed by atoms with Gasteiger partial charge in [0.15, 0.2) is 0 Å². The van der Waals surface area contributed by atoms with Crippen LogP contribution in [0.5, 0.6) is 0 Å². The van der Waals surface area contributed by atoms with Crippen molar-refractivity contribution in [3.8, 4) is 0 Å². The van der Waals surface area contributed by atoms with Gasteiger partial charge in [-0.3, -0.25) is 0 Å². The van der Waals surface area contributed by atoms with E-state index in [1.807, 2.05) is 6.92 Å². The van der Waals surface area contributed by atoms with E-state index in [1.54, 1.807) is 0 Å². The maximum Gasteiger partial charge on any atom is 0.0513 e. The predicted octanol–water partition coefficient (Wildman–Crippen LogP) is 4.24. The number of fused-ring (bicyclic) bond motifs is 1. The molecule has 1 aromatic carbocycles. The fourth-order valence-electron chi connectivity index (χ4n) is 3.79. The van der Waals surface area contributed by atoms with Gasteiger partial charge >= 0.3 is 0 Å². The lowest BCUT2D eigenvalue weighted by molar-refractivity contribution is 0.362. The minimum absolute atomic E-state index is 0.103. The Labute approximate surface area is 124 Å². The van der Waals surface area contributed by atoms with Gasteiger partial charge in [-0.15, -0.1) is 0 Å². The molecule has 1 heterocycles. The summed E-state index contributed by atoms with van der Waals surface area (Å²) in [4.78, 5) is 2.64. The molecular weight excluding hydrogens is 300 g/mol. The van der Waals surface area contributed by atoms with Crippen molar-refractivity contribution in [2.45, 2.75) is 51.1 Å². The number of piperidine rings is 1. The number of hydrogen-bond donors (Lipinski definition) is 1. The molecule has 0 aromatic heterocycles. The van der Waals surface area contributed by atoms with Gasteiger partial charge in [-0.25, -0.2) is 0 Å². The summed E-state index contributed by atoms with van der Waals surface area (Å²) in [5.74, 6) is 0.925. The Morgan fingerprint density at radius 3 is 2.79 bits per heavy atom. The molecule has 1 saturated carbocycles. The van der Waals surface area contributed by atoms with E-state index in [-0.39, 0.29) is 6.04 Å². The largest absolute Gasteiger partial charge is 0.367 e. The fourth-order valence-corrected chi connectivity index (χ4v) is 4.42. The van der Waals surface area contributed by atoms with Gasteiger partial charge in [-0.2, -0.15) is 0 Å². The average Bonchev–Trinajstić information content (AvgIpc) is 2.86. The summed E-state index contributed by atoms with van der Waals surface area (Å²) >= 11 is 3.75. The Hall–Kier alpha value is -0.540. The Balaban J connectivity index is 1.88. The molecule has 2 nitrogen and oxygen atoms in total. The Bertz CT molecular complexity index is 458. The van der Waals surface area contributed by atoms with Gasteiger partial charge in [0.05, 0.1) is 5.69 Å². The summed E-state index contributed by atoms with van der Waals surface area (Å²) in [7, 11) is 0. The van der Waals surface area contributed by atoms with Crippen molar-refractivity contribution < 1.29 is 0 Å². The van der Waals surface area contributed by atoms with Crippen molar-refractivity contribution in [2.75, 3.05) is 11.4 Å². The second-order valence-corrected chi connectivity index (χ2v) is 6.95. The van der Waals surface area contributed by atoms with E-state index >= 15 is 0 Å². The van der Waals surface area contributed by atoms with Crippen molar-refractivity contribution in [2.24, 2.45) is 11.7 Å². The molecule has 1 saturated heterocycles. The number of halogens is 1. The van der Waals surface area contributed by atoms with E-state index in [0.717, 1.165) is 12.0 Å². The van der Waals surface area contributed by atoms with Crippen LogP contribution in [0.3, 0.4) is 0 Å². The number of hydrogen-bond acceptors (Lipinski definition) is 2. The standard InChI is InChI=1S/C16H23BrN2/c1-11(18)13-7-8-16(14(17)10-13)19-9-3-5-12-4-2-6-15(12)19/h7-8,10-12,15H,2-6,9,18H2,1H3/t11-,12?,15?/m0/s1. The van der Waals surface area contributed by atoms with Crippen LogP contribution in [0.15, 0.2) is 22.7 Å². The van der Waals surface area contributed by atoms with Crippen molar-refractivity contribution in [1.29, 1.82) is 0 Å². The molecule has 3 atom stereocenters. The minimum Gasteiger partial charge on any atom is -0.367 e. The summed E-state index contributed by atoms with van der Waals surface area (Å²) in [5, 5.41) is 0. The molecule has 19 heavy (non-hydrogen) atoms. The fraction of sp³-hybridized carbons (Fsp3) is 0.625. The van der Waals surface area contributed by atoms with Gasteiger partial charge < -0.3 is 10.6 Å². The first-order valence-electron chi connectivity index (χ1n) is 7.48. The molecule has 3 rings (SSSR count). The highest BCUT2D eigenvalue weighted by atomic mass is 79.9. The zero-order valence-corrected chi connectivity index (χ0v) is 13.2. The quantitative estimate of drug-likeness (QED) is 0.882. The molecule has 2 fully saturated rings. The monoisotopic (exact) mass is 322 g/mol. The van der Waals surface area contributed by atoms with Gasteiger partial charge in [-0.1, -0.05) is 12.5 Å². The maximum absolute atomic E-state index is 5.96. The third-order valence-corrected chi connectivity index (χ3v) is 5.44. The first-order valence-corrected chi connectivity index (χ1v) is 8.28. The van der Waals surface area contributed by atoms with Crippen LogP contribution in [0.2, 0.25) is 0 Å². The molecule has 1 aromatic rings. The average molecular weight is 323 g/mol. The number of anilines is 1. The lowest BCUT2D eigenvalue weighted by Gasteiger charge is -2.40. The van der Waals surface area contributed by atoms with Gasteiger partial charge in [0.25, 0.3) is 0 Å². The maximum atomic E-state index is 5.96. The molecule has 2 aliphatic rings. The molecule has 0 radical (unpaired) electrons. The molecule has 2 N–H and O–H groups in total. The van der Waals surface area contributed by atoms with Gasteiger partial charge in [-0.05, 0) is 72.2 Å². The predicted molar refractivity (Wildman–Crippen MR) is 84.5 cm³/mol. The van der Waals surface area contributed by atoms with E-state index < -0.39 is 0 Å². The summed E-state index contributed by atoms with van der Waals surface area (Å²) in [6.07, 6.45) is 6.96. The van der Waals surface area contributed by atoms with Crippen LogP contribution in [0.4, 0.5) is 5.69 Å². The highest BCUT2D eigenvalue weighted by molar-refractivity contribution is 9.10. The lowest BCUT2D eigenvalue weighted by Crippen LogP contribution is -2.42. The highest BCUT2D eigenvalue weighted by Gasteiger charge is 2.35. The first-order chi connectivity index (χ1) is 9.16. The van der Waals surface area contributed by atoms with Crippen molar-refractivity contribution >= 4 is 21.6 Å². The van der Waals surface area contributed by atoms with E-state index in [4.69, 9.17) is 5.73 Å². The third kappa shape index (κ3) is 2.55. The van der Waals surface area contributed by atoms with Crippen LogP contribution in [-0.4, -0.2) is 12.6 Å². The van der Waals surface area contributed by atoms with Crippen LogP contribution in [0.1, 0.15) is 50.6 Å². The van der Waals surface area contributed by atoms with Gasteiger partial charge in [0.1, 0.15) is 0 Å². The third-order valence-electron chi connectivity index (χ3n) is 4.80. The second kappa shape index (κ2) is 5.45. The molecular formula is C16H23BrN2. The minimum atomic E-state index is 0.103.